The molecule has 0 nitrogen and oxygen atoms in total. The van der Waals surface area contributed by atoms with Gasteiger partial charge in [-0.25, -0.2) is 83.4 Å². The molecule has 0 spiro atoms. The van der Waals surface area contributed by atoms with Crippen molar-refractivity contribution in [2.45, 2.75) is 0 Å². The summed E-state index contributed by atoms with van der Waals surface area (Å²) in [5.41, 5.74) is -7.99. The average Bonchev–Trinajstić information content (AvgIpc) is 3.37. The second-order valence-electron chi connectivity index (χ2n) is 14.3. The van der Waals surface area contributed by atoms with E-state index in [1.165, 1.54) is 12.1 Å². The van der Waals surface area contributed by atoms with E-state index in [1.54, 1.807) is 17.8 Å². The lowest BCUT2D eigenvalue weighted by Crippen LogP contribution is -2.05. The summed E-state index contributed by atoms with van der Waals surface area (Å²) >= 11 is 14.2. The third-order valence-corrected chi connectivity index (χ3v) is 13.6. The molecule has 374 valence electrons. The van der Waals surface area contributed by atoms with E-state index < -0.39 is 159 Å². The van der Waals surface area contributed by atoms with Crippen LogP contribution in [-0.2, 0) is 0 Å². The fraction of sp³-hybridized carbons (Fsp3) is 0. The van der Waals surface area contributed by atoms with Crippen LogP contribution in [0.25, 0.3) is 22.3 Å². The van der Waals surface area contributed by atoms with Crippen LogP contribution >= 0.6 is 86.3 Å². The lowest BCUT2D eigenvalue weighted by molar-refractivity contribution is 0.376. The van der Waals surface area contributed by atoms with Crippen LogP contribution in [0.3, 0.4) is 0 Å². The Morgan fingerprint density at radius 2 is 0.405 bits per heavy atom. The number of hydrogen-bond acceptors (Lipinski definition) is 0. The van der Waals surface area contributed by atoms with Crippen molar-refractivity contribution in [3.05, 3.63) is 213 Å². The fourth-order valence-corrected chi connectivity index (χ4v) is 9.01. The predicted octanol–water partition coefficient (Wildman–Crippen LogP) is 16.9. The van der Waals surface area contributed by atoms with E-state index in [9.17, 15) is 83.4 Å². The zero-order chi connectivity index (χ0) is 54.7. The Morgan fingerprint density at radius 1 is 0.230 bits per heavy atom. The first-order chi connectivity index (χ1) is 34.7. The maximum absolute atomic E-state index is 14.8. The molecule has 0 bridgehead atoms. The highest BCUT2D eigenvalue weighted by molar-refractivity contribution is 14.1. The van der Waals surface area contributed by atoms with Crippen molar-refractivity contribution >= 4 is 86.3 Å². The Morgan fingerprint density at radius 3 is 0.649 bits per heavy atom. The zero-order valence-electron chi connectivity index (χ0n) is 34.5. The van der Waals surface area contributed by atoms with Crippen molar-refractivity contribution in [2.75, 3.05) is 0 Å². The SMILES string of the molecule is Fc1c(F)c(F)c(C#Cc2cc(Br)c(-c3cc(Br)c(-c4cc(C#Cc5c(F)c(F)c(F)c(F)c5F)c(C#Cc5c(F)c(F)c(I)c(F)c5F)cc4Br)cc3Br)cc2C#Cc2c(F)c(F)c(F)c(F)c2F)c(F)c1F. The highest BCUT2D eigenvalue weighted by Gasteiger charge is 2.29. The molecule has 74 heavy (non-hydrogen) atoms. The molecule has 24 heteroatoms. The topological polar surface area (TPSA) is 0 Å². The van der Waals surface area contributed by atoms with Crippen molar-refractivity contribution in [1.82, 2.24) is 0 Å². The van der Waals surface area contributed by atoms with Gasteiger partial charge in [0.2, 0.25) is 17.5 Å². The van der Waals surface area contributed by atoms with E-state index in [-0.39, 0.29) is 40.1 Å². The van der Waals surface area contributed by atoms with Gasteiger partial charge in [0.05, 0.1) is 3.57 Å². The molecule has 0 aliphatic carbocycles. The average molecular weight is 1410 g/mol. The summed E-state index contributed by atoms with van der Waals surface area (Å²) in [6.45, 7) is 0. The molecule has 7 aromatic carbocycles. The molecular weight excluding hydrogens is 1410 g/mol. The van der Waals surface area contributed by atoms with E-state index in [1.807, 2.05) is 5.92 Å². The predicted molar refractivity (Wildman–Crippen MR) is 250 cm³/mol. The van der Waals surface area contributed by atoms with Crippen LogP contribution < -0.4 is 0 Å². The van der Waals surface area contributed by atoms with Crippen LogP contribution in [0.4, 0.5) is 83.4 Å². The molecule has 0 aliphatic rings. The summed E-state index contributed by atoms with van der Waals surface area (Å²) in [6, 6.07) is 6.91. The van der Waals surface area contributed by atoms with Gasteiger partial charge in [0.1, 0.15) is 22.3 Å². The Bertz CT molecular complexity index is 3570. The Labute approximate surface area is 449 Å². The third-order valence-electron chi connectivity index (χ3n) is 9.98. The number of rotatable bonds is 2. The molecule has 0 atom stereocenters. The summed E-state index contributed by atoms with van der Waals surface area (Å²) in [6.07, 6.45) is 0. The summed E-state index contributed by atoms with van der Waals surface area (Å²) < 4.78 is 272. The lowest BCUT2D eigenvalue weighted by Gasteiger charge is -2.15. The first-order valence-electron chi connectivity index (χ1n) is 19.0. The third kappa shape index (κ3) is 10.2. The van der Waals surface area contributed by atoms with Crippen molar-refractivity contribution in [3.63, 3.8) is 0 Å². The van der Waals surface area contributed by atoms with Gasteiger partial charge in [-0.3, -0.25) is 0 Å². The van der Waals surface area contributed by atoms with Crippen molar-refractivity contribution in [1.29, 1.82) is 0 Å². The summed E-state index contributed by atoms with van der Waals surface area (Å²) in [5, 5.41) is 0. The van der Waals surface area contributed by atoms with Gasteiger partial charge in [-0.1, -0.05) is 111 Å². The molecule has 7 rings (SSSR count). The van der Waals surface area contributed by atoms with Crippen molar-refractivity contribution in [3.8, 4) is 69.6 Å². The Hall–Kier alpha value is -5.90. The molecule has 0 aliphatic heterocycles. The molecule has 0 fully saturated rings. The quantitative estimate of drug-likeness (QED) is 0.0532. The van der Waals surface area contributed by atoms with E-state index in [0.29, 0.717) is 0 Å². The normalized spacial score (nSPS) is 10.8. The van der Waals surface area contributed by atoms with Gasteiger partial charge in [-0.2, -0.15) is 0 Å². The summed E-state index contributed by atoms with van der Waals surface area (Å²) in [4.78, 5) is 0. The van der Waals surface area contributed by atoms with E-state index in [4.69, 9.17) is 0 Å². The van der Waals surface area contributed by atoms with Gasteiger partial charge in [-0.05, 0) is 81.2 Å². The van der Waals surface area contributed by atoms with Crippen LogP contribution in [0, 0.1) is 161 Å². The fourth-order valence-electron chi connectivity index (χ4n) is 6.31. The van der Waals surface area contributed by atoms with Gasteiger partial charge in [0, 0.05) is 40.1 Å². The highest BCUT2D eigenvalue weighted by atomic mass is 127. The molecule has 0 amide bonds. The summed E-state index contributed by atoms with van der Waals surface area (Å²) in [5.74, 6) is -27.6. The molecule has 0 saturated heterocycles. The second kappa shape index (κ2) is 21.8. The highest BCUT2D eigenvalue weighted by Crippen LogP contribution is 2.44. The monoisotopic (exact) mass is 1410 g/mol. The van der Waals surface area contributed by atoms with Crippen LogP contribution in [0.15, 0.2) is 54.3 Å². The number of hydrogen-bond donors (Lipinski definition) is 0. The van der Waals surface area contributed by atoms with Gasteiger partial charge < -0.3 is 0 Å². The largest absolute Gasteiger partial charge is 0.202 e. The first kappa shape index (κ1) is 55.8. The maximum atomic E-state index is 14.8. The number of halogens is 24. The van der Waals surface area contributed by atoms with E-state index >= 15 is 0 Å². The molecular formula is C50H6Br4F19I. The zero-order valence-corrected chi connectivity index (χ0v) is 43.0. The van der Waals surface area contributed by atoms with Crippen LogP contribution in [0.1, 0.15) is 44.5 Å². The molecule has 0 N–H and O–H groups in total. The Kier molecular flexibility index (Phi) is 16.4. The minimum absolute atomic E-state index is 0.00781. The Balaban J connectivity index is 1.43. The summed E-state index contributed by atoms with van der Waals surface area (Å²) in [7, 11) is 0. The van der Waals surface area contributed by atoms with Crippen molar-refractivity contribution in [2.24, 2.45) is 0 Å². The minimum Gasteiger partial charge on any atom is -0.202 e. The first-order valence-corrected chi connectivity index (χ1v) is 23.3. The molecule has 7 aromatic rings. The standard InChI is InChI=1S/C50H6Br4F19I/c51-27-11-17(3-7-21-35(59)43(67)47(71)44(68)36(21)60)15(1-5-19-31(55)39(63)45(69)40(64)32(19)56)9-23(27)25-13-30(54)26(14-29(25)53)24-10-16(2-6-20-33(57)41(65)46(70)42(66)34(20)58)18(12-28(24)52)4-8-22-37(61)48(72)50(74)49(73)38(22)62/h9-14H. The van der Waals surface area contributed by atoms with Crippen LogP contribution in [0.2, 0.25) is 0 Å². The lowest BCUT2D eigenvalue weighted by atomic mass is 9.95. The van der Waals surface area contributed by atoms with Gasteiger partial charge in [-0.15, -0.1) is 0 Å². The smallest absolute Gasteiger partial charge is 0.200 e. The van der Waals surface area contributed by atoms with Crippen LogP contribution in [-0.4, -0.2) is 0 Å². The molecule has 0 aromatic heterocycles. The minimum atomic E-state index is -2.53. The second-order valence-corrected chi connectivity index (χ2v) is 18.8. The molecule has 0 saturated carbocycles. The molecule has 0 heterocycles. The van der Waals surface area contributed by atoms with Crippen LogP contribution in [0.5, 0.6) is 0 Å². The van der Waals surface area contributed by atoms with Crippen molar-refractivity contribution < 1.29 is 83.4 Å². The van der Waals surface area contributed by atoms with Gasteiger partial charge in [0.15, 0.2) is 93.1 Å². The molecule has 0 unspecified atom stereocenters. The van der Waals surface area contributed by atoms with Gasteiger partial charge in [0.25, 0.3) is 0 Å². The van der Waals surface area contributed by atoms with Gasteiger partial charge >= 0.3 is 0 Å². The molecule has 0 radical (unpaired) electrons. The van der Waals surface area contributed by atoms with E-state index in [2.05, 4.69) is 87.4 Å². The maximum Gasteiger partial charge on any atom is 0.200 e. The number of benzene rings is 7. The van der Waals surface area contributed by atoms with E-state index in [0.717, 1.165) is 46.9 Å².